The summed E-state index contributed by atoms with van der Waals surface area (Å²) >= 11 is 0. The zero-order chi connectivity index (χ0) is 16.3. The van der Waals surface area contributed by atoms with Crippen molar-refractivity contribution in [1.29, 1.82) is 0 Å². The van der Waals surface area contributed by atoms with E-state index in [1.807, 2.05) is 18.2 Å². The lowest BCUT2D eigenvalue weighted by Crippen LogP contribution is -2.33. The minimum Gasteiger partial charge on any atom is -0.494 e. The third kappa shape index (κ3) is 7.51. The van der Waals surface area contributed by atoms with Gasteiger partial charge in [-0.1, -0.05) is 12.1 Å². The van der Waals surface area contributed by atoms with E-state index in [-0.39, 0.29) is 5.91 Å². The molecule has 1 atom stereocenters. The highest BCUT2D eigenvalue weighted by atomic mass is 16.5. The van der Waals surface area contributed by atoms with Crippen LogP contribution in [0.4, 0.5) is 0 Å². The van der Waals surface area contributed by atoms with Crippen molar-refractivity contribution < 1.29 is 9.53 Å². The first kappa shape index (κ1) is 17.8. The van der Waals surface area contributed by atoms with Crippen LogP contribution in [-0.2, 0) is 4.79 Å². The molecule has 1 aliphatic rings. The third-order valence-corrected chi connectivity index (χ3v) is 4.33. The van der Waals surface area contributed by atoms with Crippen molar-refractivity contribution in [2.45, 2.75) is 45.4 Å². The van der Waals surface area contributed by atoms with Gasteiger partial charge in [-0.05, 0) is 75.7 Å². The average molecular weight is 318 g/mol. The molecule has 1 aromatic rings. The van der Waals surface area contributed by atoms with Crippen LogP contribution in [0, 0.1) is 12.8 Å². The smallest absolute Gasteiger partial charge is 0.219 e. The second kappa shape index (κ2) is 10.3. The summed E-state index contributed by atoms with van der Waals surface area (Å²) in [4.78, 5) is 11.8. The molecule has 1 aliphatic heterocycles. The van der Waals surface area contributed by atoms with Gasteiger partial charge >= 0.3 is 0 Å². The quantitative estimate of drug-likeness (QED) is 0.688. The molecule has 1 aromatic carbocycles. The molecule has 2 rings (SSSR count). The van der Waals surface area contributed by atoms with E-state index < -0.39 is 0 Å². The minimum atomic E-state index is 0.171. The summed E-state index contributed by atoms with van der Waals surface area (Å²) in [7, 11) is 0. The van der Waals surface area contributed by atoms with Gasteiger partial charge in [-0.15, -0.1) is 0 Å². The minimum absolute atomic E-state index is 0.171. The summed E-state index contributed by atoms with van der Waals surface area (Å²) < 4.78 is 5.69. The van der Waals surface area contributed by atoms with Gasteiger partial charge in [0.1, 0.15) is 5.75 Å². The van der Waals surface area contributed by atoms with E-state index in [1.54, 1.807) is 0 Å². The molecule has 1 unspecified atom stereocenters. The zero-order valence-corrected chi connectivity index (χ0v) is 14.3. The number of carbonyl (C=O) groups is 1. The highest BCUT2D eigenvalue weighted by Gasteiger charge is 2.12. The first-order valence-electron chi connectivity index (χ1n) is 8.91. The normalized spacial score (nSPS) is 17.7. The molecule has 1 heterocycles. The van der Waals surface area contributed by atoms with Crippen molar-refractivity contribution in [2.75, 3.05) is 26.2 Å². The Morgan fingerprint density at radius 3 is 3.09 bits per heavy atom. The summed E-state index contributed by atoms with van der Waals surface area (Å²) in [5.41, 5.74) is 1.20. The Hall–Kier alpha value is -1.55. The average Bonchev–Trinajstić information content (AvgIpc) is 2.55. The predicted molar refractivity (Wildman–Crippen MR) is 93.7 cm³/mol. The number of unbranched alkanes of at least 4 members (excludes halogenated alkanes) is 1. The van der Waals surface area contributed by atoms with Crippen molar-refractivity contribution in [1.82, 2.24) is 10.6 Å². The maximum absolute atomic E-state index is 11.8. The molecule has 4 nitrogen and oxygen atoms in total. The summed E-state index contributed by atoms with van der Waals surface area (Å²) in [6, 6.07) is 8.06. The molecular formula is C19H30N2O2. The number of hydrogen-bond acceptors (Lipinski definition) is 3. The SMILES string of the molecule is Cc1cccc(OCCCCC(=O)NCCC2CCCNC2)c1. The molecule has 1 amide bonds. The molecule has 23 heavy (non-hydrogen) atoms. The van der Waals surface area contributed by atoms with Gasteiger partial charge in [0, 0.05) is 13.0 Å². The van der Waals surface area contributed by atoms with Crippen LogP contribution in [0.1, 0.15) is 44.1 Å². The van der Waals surface area contributed by atoms with Gasteiger partial charge in [-0.2, -0.15) is 0 Å². The Balaban J connectivity index is 1.46. The maximum Gasteiger partial charge on any atom is 0.219 e. The van der Waals surface area contributed by atoms with E-state index in [2.05, 4.69) is 23.6 Å². The fourth-order valence-corrected chi connectivity index (χ4v) is 2.96. The van der Waals surface area contributed by atoms with E-state index >= 15 is 0 Å². The van der Waals surface area contributed by atoms with E-state index in [1.165, 1.54) is 18.4 Å². The van der Waals surface area contributed by atoms with Crippen LogP contribution in [0.5, 0.6) is 5.75 Å². The standard InChI is InChI=1S/C19H30N2O2/c1-16-6-4-8-18(14-16)23-13-3-2-9-19(22)21-12-10-17-7-5-11-20-15-17/h4,6,8,14,17,20H,2-3,5,7,9-13,15H2,1H3,(H,21,22). The lowest BCUT2D eigenvalue weighted by molar-refractivity contribution is -0.121. The molecule has 1 saturated heterocycles. The molecule has 0 aromatic heterocycles. The highest BCUT2D eigenvalue weighted by Crippen LogP contribution is 2.14. The Labute approximate surface area is 140 Å². The van der Waals surface area contributed by atoms with Crippen molar-refractivity contribution in [3.63, 3.8) is 0 Å². The Morgan fingerprint density at radius 2 is 2.30 bits per heavy atom. The van der Waals surface area contributed by atoms with Gasteiger partial charge in [0.05, 0.1) is 6.61 Å². The number of hydrogen-bond donors (Lipinski definition) is 2. The molecular weight excluding hydrogens is 288 g/mol. The van der Waals surface area contributed by atoms with Gasteiger partial charge < -0.3 is 15.4 Å². The topological polar surface area (TPSA) is 50.4 Å². The van der Waals surface area contributed by atoms with Gasteiger partial charge in [0.15, 0.2) is 0 Å². The lowest BCUT2D eigenvalue weighted by atomic mass is 9.96. The molecule has 0 aliphatic carbocycles. The molecule has 0 radical (unpaired) electrons. The zero-order valence-electron chi connectivity index (χ0n) is 14.3. The summed E-state index contributed by atoms with van der Waals surface area (Å²) in [6.45, 7) is 5.79. The van der Waals surface area contributed by atoms with Crippen LogP contribution in [0.2, 0.25) is 0 Å². The van der Waals surface area contributed by atoms with Crippen LogP contribution in [0.3, 0.4) is 0 Å². The fraction of sp³-hybridized carbons (Fsp3) is 0.632. The summed E-state index contributed by atoms with van der Waals surface area (Å²) in [5.74, 6) is 1.81. The first-order chi connectivity index (χ1) is 11.2. The Bertz CT molecular complexity index is 470. The Kier molecular flexibility index (Phi) is 7.95. The molecule has 2 N–H and O–H groups in total. The van der Waals surface area contributed by atoms with Gasteiger partial charge in [-0.25, -0.2) is 0 Å². The molecule has 0 bridgehead atoms. The number of piperidine rings is 1. The largest absolute Gasteiger partial charge is 0.494 e. The third-order valence-electron chi connectivity index (χ3n) is 4.33. The van der Waals surface area contributed by atoms with E-state index in [0.717, 1.165) is 50.6 Å². The summed E-state index contributed by atoms with van der Waals surface area (Å²) in [5, 5.41) is 6.45. The number of benzene rings is 1. The van der Waals surface area contributed by atoms with E-state index in [0.29, 0.717) is 13.0 Å². The van der Waals surface area contributed by atoms with Crippen molar-refractivity contribution >= 4 is 5.91 Å². The fourth-order valence-electron chi connectivity index (χ4n) is 2.96. The van der Waals surface area contributed by atoms with Crippen LogP contribution in [-0.4, -0.2) is 32.1 Å². The number of aryl methyl sites for hydroxylation is 1. The predicted octanol–water partition coefficient (Wildman–Crippen LogP) is 3.05. The van der Waals surface area contributed by atoms with Gasteiger partial charge in [-0.3, -0.25) is 4.79 Å². The van der Waals surface area contributed by atoms with E-state index in [9.17, 15) is 4.79 Å². The van der Waals surface area contributed by atoms with Crippen LogP contribution >= 0.6 is 0 Å². The number of ether oxygens (including phenoxy) is 1. The van der Waals surface area contributed by atoms with Crippen molar-refractivity contribution in [3.05, 3.63) is 29.8 Å². The van der Waals surface area contributed by atoms with E-state index in [4.69, 9.17) is 4.74 Å². The number of carbonyl (C=O) groups excluding carboxylic acids is 1. The van der Waals surface area contributed by atoms with Crippen molar-refractivity contribution in [2.24, 2.45) is 5.92 Å². The van der Waals surface area contributed by atoms with Gasteiger partial charge in [0.25, 0.3) is 0 Å². The van der Waals surface area contributed by atoms with Crippen LogP contribution < -0.4 is 15.4 Å². The molecule has 128 valence electrons. The van der Waals surface area contributed by atoms with Crippen LogP contribution in [0.15, 0.2) is 24.3 Å². The van der Waals surface area contributed by atoms with Gasteiger partial charge in [0.2, 0.25) is 5.91 Å². The van der Waals surface area contributed by atoms with Crippen molar-refractivity contribution in [3.8, 4) is 5.75 Å². The Morgan fingerprint density at radius 1 is 1.39 bits per heavy atom. The molecule has 1 fully saturated rings. The molecule has 0 spiro atoms. The number of amides is 1. The molecule has 4 heteroatoms. The summed E-state index contributed by atoms with van der Waals surface area (Å²) in [6.07, 6.45) is 6.03. The second-order valence-corrected chi connectivity index (χ2v) is 6.47. The highest BCUT2D eigenvalue weighted by molar-refractivity contribution is 5.75. The van der Waals surface area contributed by atoms with Crippen LogP contribution in [0.25, 0.3) is 0 Å². The second-order valence-electron chi connectivity index (χ2n) is 6.47. The lowest BCUT2D eigenvalue weighted by Gasteiger charge is -2.22. The molecule has 0 saturated carbocycles. The maximum atomic E-state index is 11.8. The monoisotopic (exact) mass is 318 g/mol. The number of rotatable bonds is 9. The first-order valence-corrected chi connectivity index (χ1v) is 8.91. The number of nitrogens with one attached hydrogen (secondary N) is 2.